The van der Waals surface area contributed by atoms with Crippen molar-refractivity contribution in [3.8, 4) is 22.5 Å². The lowest BCUT2D eigenvalue weighted by Gasteiger charge is -2.14. The van der Waals surface area contributed by atoms with Crippen LogP contribution in [0.15, 0.2) is 176 Å². The van der Waals surface area contributed by atoms with Gasteiger partial charge in [-0.15, -0.1) is 0 Å². The first kappa shape index (κ1) is 27.3. The van der Waals surface area contributed by atoms with Crippen LogP contribution in [-0.2, 0) is 0 Å². The second kappa shape index (κ2) is 10.4. The Morgan fingerprint density at radius 3 is 1.54 bits per heavy atom. The van der Waals surface area contributed by atoms with Gasteiger partial charge in [0.1, 0.15) is 0 Å². The molecular weight excluding hydrogens is 607 g/mol. The summed E-state index contributed by atoms with van der Waals surface area (Å²) >= 11 is 0. The van der Waals surface area contributed by atoms with E-state index in [2.05, 4.69) is 173 Å². The average Bonchev–Trinajstić information content (AvgIpc) is 3.70. The van der Waals surface area contributed by atoms with Gasteiger partial charge in [-0.3, -0.25) is 4.98 Å². The molecule has 0 atom stereocenters. The third kappa shape index (κ3) is 3.83. The van der Waals surface area contributed by atoms with Crippen molar-refractivity contribution in [1.82, 2.24) is 14.1 Å². The molecule has 8 aromatic carbocycles. The number of para-hydroxylation sites is 2. The molecule has 3 heteroatoms. The second-order valence-corrected chi connectivity index (χ2v) is 13.2. The molecule has 0 unspecified atom stereocenters. The van der Waals surface area contributed by atoms with Crippen LogP contribution >= 0.6 is 0 Å². The third-order valence-electron chi connectivity index (χ3n) is 10.5. The first-order chi connectivity index (χ1) is 24.8. The summed E-state index contributed by atoms with van der Waals surface area (Å²) in [6.07, 6.45) is 1.89. The summed E-state index contributed by atoms with van der Waals surface area (Å²) in [4.78, 5) is 4.85. The summed E-state index contributed by atoms with van der Waals surface area (Å²) in [5, 5.41) is 11.4. The number of hydrogen-bond acceptors (Lipinski definition) is 1. The third-order valence-corrected chi connectivity index (χ3v) is 10.5. The van der Waals surface area contributed by atoms with E-state index in [0.29, 0.717) is 0 Å². The van der Waals surface area contributed by atoms with Gasteiger partial charge in [0.15, 0.2) is 0 Å². The van der Waals surface area contributed by atoms with Crippen LogP contribution in [0.2, 0.25) is 0 Å². The van der Waals surface area contributed by atoms with Crippen molar-refractivity contribution < 1.29 is 0 Å². The lowest BCUT2D eigenvalue weighted by molar-refractivity contribution is 1.18. The predicted octanol–water partition coefficient (Wildman–Crippen LogP) is 12.4. The van der Waals surface area contributed by atoms with Gasteiger partial charge in [-0.25, -0.2) is 0 Å². The van der Waals surface area contributed by atoms with Gasteiger partial charge in [-0.2, -0.15) is 0 Å². The van der Waals surface area contributed by atoms with Crippen molar-refractivity contribution >= 4 is 76.1 Å². The number of aromatic nitrogens is 3. The molecule has 232 valence electrons. The molecule has 0 aliphatic heterocycles. The number of benzene rings is 8. The van der Waals surface area contributed by atoms with Gasteiger partial charge in [0.2, 0.25) is 0 Å². The van der Waals surface area contributed by atoms with Gasteiger partial charge in [0.05, 0.1) is 27.6 Å². The number of nitrogens with zero attached hydrogens (tertiary/aromatic N) is 3. The molecule has 3 aromatic heterocycles. The van der Waals surface area contributed by atoms with Gasteiger partial charge in [0.25, 0.3) is 0 Å². The van der Waals surface area contributed by atoms with Gasteiger partial charge in [0, 0.05) is 33.7 Å². The molecule has 11 rings (SSSR count). The number of fused-ring (bicyclic) bond motifs is 12. The molecule has 0 fully saturated rings. The summed E-state index contributed by atoms with van der Waals surface area (Å²) < 4.78 is 4.74. The molecular formula is C47H29N3. The van der Waals surface area contributed by atoms with Crippen LogP contribution in [0.25, 0.3) is 98.6 Å². The van der Waals surface area contributed by atoms with Crippen LogP contribution in [0.4, 0.5) is 0 Å². The highest BCUT2D eigenvalue weighted by atomic mass is 15.0. The summed E-state index contributed by atoms with van der Waals surface area (Å²) in [5.41, 5.74) is 10.4. The van der Waals surface area contributed by atoms with Gasteiger partial charge >= 0.3 is 0 Å². The Morgan fingerprint density at radius 2 is 0.820 bits per heavy atom. The molecule has 0 saturated carbocycles. The Kier molecular flexibility index (Phi) is 5.67. The summed E-state index contributed by atoms with van der Waals surface area (Å²) in [5.74, 6) is 0. The van der Waals surface area contributed by atoms with E-state index in [9.17, 15) is 0 Å². The molecule has 0 aliphatic carbocycles. The molecule has 0 amide bonds. The zero-order valence-electron chi connectivity index (χ0n) is 27.1. The fraction of sp³-hybridized carbons (Fsp3) is 0. The highest BCUT2D eigenvalue weighted by molar-refractivity contribution is 6.25. The van der Waals surface area contributed by atoms with E-state index < -0.39 is 0 Å². The fourth-order valence-corrected chi connectivity index (χ4v) is 8.34. The van der Waals surface area contributed by atoms with Crippen molar-refractivity contribution in [1.29, 1.82) is 0 Å². The van der Waals surface area contributed by atoms with Gasteiger partial charge < -0.3 is 9.13 Å². The molecule has 0 radical (unpaired) electrons. The number of hydrogen-bond donors (Lipinski definition) is 0. The first-order valence-electron chi connectivity index (χ1n) is 17.1. The maximum Gasteiger partial charge on any atom is 0.0963 e. The van der Waals surface area contributed by atoms with Crippen molar-refractivity contribution in [3.05, 3.63) is 176 Å². The molecule has 0 spiro atoms. The molecule has 11 aromatic rings. The average molecular weight is 636 g/mol. The minimum Gasteiger partial charge on any atom is -0.309 e. The van der Waals surface area contributed by atoms with Gasteiger partial charge in [-0.05, 0) is 110 Å². The maximum absolute atomic E-state index is 4.85. The van der Waals surface area contributed by atoms with Crippen molar-refractivity contribution in [3.63, 3.8) is 0 Å². The van der Waals surface area contributed by atoms with E-state index in [1.165, 1.54) is 65.3 Å². The Hall–Kier alpha value is -6.71. The van der Waals surface area contributed by atoms with Crippen LogP contribution in [0.3, 0.4) is 0 Å². The normalized spacial score (nSPS) is 12.0. The van der Waals surface area contributed by atoms with E-state index in [-0.39, 0.29) is 0 Å². The number of pyridine rings is 1. The topological polar surface area (TPSA) is 22.8 Å². The zero-order valence-corrected chi connectivity index (χ0v) is 27.1. The second-order valence-electron chi connectivity index (χ2n) is 13.2. The largest absolute Gasteiger partial charge is 0.309 e. The monoisotopic (exact) mass is 635 g/mol. The van der Waals surface area contributed by atoms with Crippen LogP contribution < -0.4 is 0 Å². The van der Waals surface area contributed by atoms with E-state index in [4.69, 9.17) is 4.98 Å². The standard InChI is InChI=1S/C47H29N3/c1-2-11-32(12-3-1)49-45-25-21-31(28-42(45)47-46(49)19-10-26-48-47)30-20-24-44-41(27-30)39-17-8-9-18-43(39)50(44)33-22-23-38-36-15-5-4-13-34(36)35-14-6-7-16-37(35)40(38)29-33/h1-29H. The van der Waals surface area contributed by atoms with Crippen LogP contribution in [-0.4, -0.2) is 14.1 Å². The Labute approximate surface area is 287 Å². The fourth-order valence-electron chi connectivity index (χ4n) is 8.34. The predicted molar refractivity (Wildman–Crippen MR) is 211 cm³/mol. The van der Waals surface area contributed by atoms with Crippen molar-refractivity contribution in [2.45, 2.75) is 0 Å². The quantitative estimate of drug-likeness (QED) is 0.177. The molecule has 0 aliphatic rings. The van der Waals surface area contributed by atoms with E-state index >= 15 is 0 Å². The van der Waals surface area contributed by atoms with Crippen molar-refractivity contribution in [2.24, 2.45) is 0 Å². The van der Waals surface area contributed by atoms with Crippen molar-refractivity contribution in [2.75, 3.05) is 0 Å². The van der Waals surface area contributed by atoms with Crippen LogP contribution in [0, 0.1) is 0 Å². The maximum atomic E-state index is 4.85. The highest BCUT2D eigenvalue weighted by Crippen LogP contribution is 2.40. The Bertz CT molecular complexity index is 3110. The minimum atomic E-state index is 1.02. The summed E-state index contributed by atoms with van der Waals surface area (Å²) in [6.45, 7) is 0. The lowest BCUT2D eigenvalue weighted by Crippen LogP contribution is -1.94. The molecule has 0 bridgehead atoms. The van der Waals surface area contributed by atoms with Gasteiger partial charge in [-0.1, -0.05) is 103 Å². The highest BCUT2D eigenvalue weighted by Gasteiger charge is 2.17. The molecule has 3 nitrogen and oxygen atoms in total. The number of rotatable bonds is 3. The zero-order chi connectivity index (χ0) is 32.8. The molecule has 0 N–H and O–H groups in total. The van der Waals surface area contributed by atoms with E-state index in [1.807, 2.05) is 12.3 Å². The van der Waals surface area contributed by atoms with Crippen LogP contribution in [0.5, 0.6) is 0 Å². The molecule has 0 saturated heterocycles. The minimum absolute atomic E-state index is 1.02. The van der Waals surface area contributed by atoms with Crippen LogP contribution in [0.1, 0.15) is 0 Å². The smallest absolute Gasteiger partial charge is 0.0963 e. The Morgan fingerprint density at radius 1 is 0.300 bits per heavy atom. The Balaban J connectivity index is 1.12. The lowest BCUT2D eigenvalue weighted by atomic mass is 9.94. The SMILES string of the molecule is c1ccc(-n2c3ccc(-c4ccc5c(c4)c4ccccc4n5-c4ccc5c6ccccc6c6ccccc6c5c4)cc3c3ncccc32)cc1. The van der Waals surface area contributed by atoms with E-state index in [0.717, 1.165) is 33.3 Å². The summed E-state index contributed by atoms with van der Waals surface area (Å²) in [7, 11) is 0. The molecule has 3 heterocycles. The van der Waals surface area contributed by atoms with E-state index in [1.54, 1.807) is 0 Å². The first-order valence-corrected chi connectivity index (χ1v) is 17.1. The molecule has 50 heavy (non-hydrogen) atoms. The summed E-state index contributed by atoms with van der Waals surface area (Å²) in [6, 6.07) is 61.8.